The Labute approximate surface area is 171 Å². The average Bonchev–Trinajstić information content (AvgIpc) is 2.68. The number of hydrogen-bond donors (Lipinski definition) is 0. The summed E-state index contributed by atoms with van der Waals surface area (Å²) in [7, 11) is 0. The molecule has 0 amide bonds. The number of ether oxygens (including phenoxy) is 1. The van der Waals surface area contributed by atoms with Crippen LogP contribution in [-0.2, 0) is 0 Å². The second-order valence-corrected chi connectivity index (χ2v) is 9.32. The maximum absolute atomic E-state index is 6.57. The van der Waals surface area contributed by atoms with Crippen molar-refractivity contribution in [2.75, 3.05) is 39.3 Å². The summed E-state index contributed by atoms with van der Waals surface area (Å²) in [6.45, 7) is 14.0. The van der Waals surface area contributed by atoms with E-state index in [1.165, 1.54) is 63.8 Å². The number of likely N-dealkylation sites (tertiary alicyclic amines) is 1. The Bertz CT molecular complexity index is 614. The van der Waals surface area contributed by atoms with E-state index >= 15 is 0 Å². The first-order valence-corrected chi connectivity index (χ1v) is 11.6. The van der Waals surface area contributed by atoms with E-state index in [2.05, 4.69) is 59.7 Å². The van der Waals surface area contributed by atoms with Gasteiger partial charge in [0, 0.05) is 63.0 Å². The van der Waals surface area contributed by atoms with Gasteiger partial charge in [-0.25, -0.2) is 0 Å². The SMILES string of the molecule is CC(C)N1CCN(C(C)c2ccccc2OC2CCN(C3CCC3)CC2)CC1. The molecule has 0 spiro atoms. The molecular weight excluding hydrogens is 346 g/mol. The molecule has 1 unspecified atom stereocenters. The molecule has 0 N–H and O–H groups in total. The fourth-order valence-electron chi connectivity index (χ4n) is 5.06. The van der Waals surface area contributed by atoms with Crippen molar-refractivity contribution < 1.29 is 4.74 Å². The van der Waals surface area contributed by atoms with Crippen molar-refractivity contribution >= 4 is 0 Å². The number of piperazine rings is 1. The standard InChI is InChI=1S/C24H39N3O/c1-19(2)25-15-17-26(18-16-25)20(3)23-9-4-5-10-24(23)28-22-11-13-27(14-12-22)21-7-6-8-21/h4-5,9-10,19-22H,6-8,11-18H2,1-3H3. The van der Waals surface area contributed by atoms with Gasteiger partial charge in [-0.05, 0) is 52.5 Å². The Kier molecular flexibility index (Phi) is 6.59. The van der Waals surface area contributed by atoms with E-state index in [9.17, 15) is 0 Å². The molecule has 2 saturated heterocycles. The van der Waals surface area contributed by atoms with Gasteiger partial charge in [0.25, 0.3) is 0 Å². The topological polar surface area (TPSA) is 19.0 Å². The molecule has 0 aromatic heterocycles. The van der Waals surface area contributed by atoms with Gasteiger partial charge in [-0.15, -0.1) is 0 Å². The Balaban J connectivity index is 1.34. The van der Waals surface area contributed by atoms with E-state index in [0.717, 1.165) is 24.9 Å². The summed E-state index contributed by atoms with van der Waals surface area (Å²) >= 11 is 0. The molecule has 4 nitrogen and oxygen atoms in total. The van der Waals surface area contributed by atoms with Gasteiger partial charge in [0.1, 0.15) is 11.9 Å². The first kappa shape index (κ1) is 20.2. The number of rotatable bonds is 6. The van der Waals surface area contributed by atoms with Gasteiger partial charge in [0.05, 0.1) is 0 Å². The van der Waals surface area contributed by atoms with Gasteiger partial charge in [-0.2, -0.15) is 0 Å². The molecule has 3 aliphatic rings. The molecule has 2 aliphatic heterocycles. The van der Waals surface area contributed by atoms with E-state index in [-0.39, 0.29) is 0 Å². The fourth-order valence-corrected chi connectivity index (χ4v) is 5.06. The van der Waals surface area contributed by atoms with E-state index in [4.69, 9.17) is 4.74 Å². The second-order valence-electron chi connectivity index (χ2n) is 9.32. The lowest BCUT2D eigenvalue weighted by Gasteiger charge is -2.42. The van der Waals surface area contributed by atoms with Crippen LogP contribution < -0.4 is 4.74 Å². The highest BCUT2D eigenvalue weighted by molar-refractivity contribution is 5.36. The smallest absolute Gasteiger partial charge is 0.124 e. The molecule has 4 rings (SSSR count). The summed E-state index contributed by atoms with van der Waals surface area (Å²) in [6.07, 6.45) is 6.98. The van der Waals surface area contributed by atoms with Crippen LogP contribution >= 0.6 is 0 Å². The zero-order chi connectivity index (χ0) is 19.5. The van der Waals surface area contributed by atoms with Gasteiger partial charge in [0.2, 0.25) is 0 Å². The monoisotopic (exact) mass is 385 g/mol. The zero-order valence-electron chi connectivity index (χ0n) is 18.1. The van der Waals surface area contributed by atoms with Crippen molar-refractivity contribution in [2.45, 2.75) is 77.1 Å². The summed E-state index contributed by atoms with van der Waals surface area (Å²) in [5.74, 6) is 1.11. The predicted molar refractivity (Wildman–Crippen MR) is 116 cm³/mol. The van der Waals surface area contributed by atoms with Crippen molar-refractivity contribution in [3.05, 3.63) is 29.8 Å². The summed E-state index contributed by atoms with van der Waals surface area (Å²) in [5.41, 5.74) is 1.36. The van der Waals surface area contributed by atoms with Gasteiger partial charge in [-0.3, -0.25) is 9.80 Å². The quantitative estimate of drug-likeness (QED) is 0.731. The number of nitrogens with zero attached hydrogens (tertiary/aromatic N) is 3. The highest BCUT2D eigenvalue weighted by Crippen LogP contribution is 2.33. The Morgan fingerprint density at radius 2 is 1.46 bits per heavy atom. The van der Waals surface area contributed by atoms with E-state index in [1.54, 1.807) is 0 Å². The van der Waals surface area contributed by atoms with E-state index in [0.29, 0.717) is 18.2 Å². The van der Waals surface area contributed by atoms with Crippen molar-refractivity contribution in [1.29, 1.82) is 0 Å². The van der Waals surface area contributed by atoms with Crippen LogP contribution in [0.4, 0.5) is 0 Å². The first-order chi connectivity index (χ1) is 13.6. The molecule has 1 aliphatic carbocycles. The van der Waals surface area contributed by atoms with Gasteiger partial charge in [0.15, 0.2) is 0 Å². The summed E-state index contributed by atoms with van der Waals surface area (Å²) < 4.78 is 6.57. The Morgan fingerprint density at radius 1 is 0.821 bits per heavy atom. The molecule has 3 fully saturated rings. The van der Waals surface area contributed by atoms with Gasteiger partial charge < -0.3 is 9.64 Å². The minimum absolute atomic E-state index is 0.377. The Morgan fingerprint density at radius 3 is 2.07 bits per heavy atom. The average molecular weight is 386 g/mol. The van der Waals surface area contributed by atoms with Crippen molar-refractivity contribution in [1.82, 2.24) is 14.7 Å². The van der Waals surface area contributed by atoms with Crippen LogP contribution in [0.15, 0.2) is 24.3 Å². The van der Waals surface area contributed by atoms with Crippen LogP contribution in [0.5, 0.6) is 5.75 Å². The normalized spacial score (nSPS) is 25.0. The van der Waals surface area contributed by atoms with Crippen LogP contribution in [-0.4, -0.2) is 72.2 Å². The third kappa shape index (κ3) is 4.55. The zero-order valence-corrected chi connectivity index (χ0v) is 18.1. The number of piperidine rings is 1. The number of hydrogen-bond acceptors (Lipinski definition) is 4. The first-order valence-electron chi connectivity index (χ1n) is 11.6. The lowest BCUT2D eigenvalue weighted by Crippen LogP contribution is -2.49. The predicted octanol–water partition coefficient (Wildman–Crippen LogP) is 4.17. The van der Waals surface area contributed by atoms with Crippen LogP contribution in [0.1, 0.15) is 64.5 Å². The fraction of sp³-hybridized carbons (Fsp3) is 0.750. The van der Waals surface area contributed by atoms with Crippen LogP contribution in [0.3, 0.4) is 0 Å². The second kappa shape index (κ2) is 9.15. The molecule has 1 saturated carbocycles. The summed E-state index contributed by atoms with van der Waals surface area (Å²) in [6, 6.07) is 10.7. The van der Waals surface area contributed by atoms with E-state index < -0.39 is 0 Å². The summed E-state index contributed by atoms with van der Waals surface area (Å²) in [5, 5.41) is 0. The van der Waals surface area contributed by atoms with Crippen LogP contribution in [0.2, 0.25) is 0 Å². The maximum atomic E-state index is 6.57. The molecule has 156 valence electrons. The molecule has 1 atom stereocenters. The minimum atomic E-state index is 0.377. The third-order valence-electron chi connectivity index (χ3n) is 7.36. The highest BCUT2D eigenvalue weighted by atomic mass is 16.5. The molecule has 0 radical (unpaired) electrons. The largest absolute Gasteiger partial charge is 0.490 e. The minimum Gasteiger partial charge on any atom is -0.490 e. The number of para-hydroxylation sites is 1. The van der Waals surface area contributed by atoms with Crippen LogP contribution in [0.25, 0.3) is 0 Å². The summed E-state index contributed by atoms with van der Waals surface area (Å²) in [4.78, 5) is 7.91. The molecule has 1 aromatic rings. The Hall–Kier alpha value is -1.10. The third-order valence-corrected chi connectivity index (χ3v) is 7.36. The van der Waals surface area contributed by atoms with Crippen molar-refractivity contribution in [3.8, 4) is 5.75 Å². The molecule has 4 heteroatoms. The maximum Gasteiger partial charge on any atom is 0.124 e. The van der Waals surface area contributed by atoms with Crippen LogP contribution in [0, 0.1) is 0 Å². The van der Waals surface area contributed by atoms with Crippen molar-refractivity contribution in [3.63, 3.8) is 0 Å². The molecule has 2 heterocycles. The molecule has 0 bridgehead atoms. The molecular formula is C24H39N3O. The highest BCUT2D eigenvalue weighted by Gasteiger charge is 2.30. The van der Waals surface area contributed by atoms with Gasteiger partial charge in [-0.1, -0.05) is 24.6 Å². The lowest BCUT2D eigenvalue weighted by atomic mass is 9.89. The molecule has 28 heavy (non-hydrogen) atoms. The van der Waals surface area contributed by atoms with E-state index in [1.807, 2.05) is 0 Å². The van der Waals surface area contributed by atoms with Gasteiger partial charge >= 0.3 is 0 Å². The lowest BCUT2D eigenvalue weighted by molar-refractivity contribution is 0.0470. The number of benzene rings is 1. The molecule has 1 aromatic carbocycles. The van der Waals surface area contributed by atoms with Crippen molar-refractivity contribution in [2.24, 2.45) is 0 Å².